The highest BCUT2D eigenvalue weighted by Gasteiger charge is 2.40. The predicted octanol–water partition coefficient (Wildman–Crippen LogP) is 4.05. The third kappa shape index (κ3) is 4.75. The lowest BCUT2D eigenvalue weighted by Crippen LogP contribution is -2.50. The molecule has 3 heterocycles. The standard InChI is InChI=1S/C24H31N3O4/c1-16(2)13-20-15-30-24(29)27(20)19-9-11-26(12-10-19)22(28)14-21-17(3)31-23(25-21)18-7-5-4-6-8-18/h4-8,16,19-20H,9-15H2,1-3H3/t20-/m1/s1. The van der Waals surface area contributed by atoms with Gasteiger partial charge in [-0.2, -0.15) is 0 Å². The van der Waals surface area contributed by atoms with Gasteiger partial charge >= 0.3 is 6.09 Å². The van der Waals surface area contributed by atoms with Gasteiger partial charge in [-0.25, -0.2) is 9.78 Å². The fraction of sp³-hybridized carbons (Fsp3) is 0.542. The van der Waals surface area contributed by atoms with Crippen molar-refractivity contribution in [2.45, 2.75) is 58.5 Å². The summed E-state index contributed by atoms with van der Waals surface area (Å²) in [6.07, 6.45) is 2.53. The molecular weight excluding hydrogens is 394 g/mol. The molecule has 166 valence electrons. The van der Waals surface area contributed by atoms with Crippen molar-refractivity contribution < 1.29 is 18.7 Å². The minimum absolute atomic E-state index is 0.0530. The number of ether oxygens (including phenoxy) is 1. The number of aromatic nitrogens is 1. The lowest BCUT2D eigenvalue weighted by Gasteiger charge is -2.38. The predicted molar refractivity (Wildman–Crippen MR) is 116 cm³/mol. The number of rotatable bonds is 6. The van der Waals surface area contributed by atoms with E-state index < -0.39 is 0 Å². The molecule has 0 saturated carbocycles. The second-order valence-corrected chi connectivity index (χ2v) is 8.94. The van der Waals surface area contributed by atoms with Crippen molar-refractivity contribution >= 4 is 12.0 Å². The number of amides is 2. The zero-order valence-corrected chi connectivity index (χ0v) is 18.5. The largest absolute Gasteiger partial charge is 0.447 e. The van der Waals surface area contributed by atoms with Crippen molar-refractivity contribution in [2.75, 3.05) is 19.7 Å². The van der Waals surface area contributed by atoms with Crippen LogP contribution >= 0.6 is 0 Å². The van der Waals surface area contributed by atoms with Crippen molar-refractivity contribution in [3.05, 3.63) is 41.8 Å². The Balaban J connectivity index is 1.35. The van der Waals surface area contributed by atoms with E-state index in [0.717, 1.165) is 24.8 Å². The third-order valence-electron chi connectivity index (χ3n) is 6.19. The first-order valence-corrected chi connectivity index (χ1v) is 11.2. The number of piperidine rings is 1. The molecular formula is C24H31N3O4. The first kappa shape index (κ1) is 21.4. The Morgan fingerprint density at radius 2 is 1.90 bits per heavy atom. The molecule has 2 aliphatic rings. The molecule has 2 saturated heterocycles. The van der Waals surface area contributed by atoms with E-state index >= 15 is 0 Å². The Kier molecular flexibility index (Phi) is 6.30. The highest BCUT2D eigenvalue weighted by Crippen LogP contribution is 2.28. The topological polar surface area (TPSA) is 75.9 Å². The van der Waals surface area contributed by atoms with Crippen molar-refractivity contribution in [2.24, 2.45) is 5.92 Å². The molecule has 1 aromatic carbocycles. The molecule has 2 aliphatic heterocycles. The molecule has 2 fully saturated rings. The molecule has 1 atom stereocenters. The third-order valence-corrected chi connectivity index (χ3v) is 6.19. The molecule has 0 N–H and O–H groups in total. The quantitative estimate of drug-likeness (QED) is 0.698. The maximum Gasteiger partial charge on any atom is 0.410 e. The smallest absolute Gasteiger partial charge is 0.410 e. The molecule has 1 aromatic heterocycles. The summed E-state index contributed by atoms with van der Waals surface area (Å²) in [4.78, 5) is 33.6. The first-order valence-electron chi connectivity index (χ1n) is 11.2. The van der Waals surface area contributed by atoms with Crippen LogP contribution in [0.15, 0.2) is 34.7 Å². The summed E-state index contributed by atoms with van der Waals surface area (Å²) < 4.78 is 11.1. The van der Waals surface area contributed by atoms with Gasteiger partial charge in [-0.3, -0.25) is 9.69 Å². The minimum atomic E-state index is -0.206. The van der Waals surface area contributed by atoms with Crippen LogP contribution in [0.2, 0.25) is 0 Å². The molecule has 7 heteroatoms. The first-order chi connectivity index (χ1) is 14.9. The zero-order chi connectivity index (χ0) is 22.0. The number of nitrogens with zero attached hydrogens (tertiary/aromatic N) is 3. The second kappa shape index (κ2) is 9.12. The van der Waals surface area contributed by atoms with Crippen LogP contribution in [0.4, 0.5) is 4.79 Å². The SMILES string of the molecule is Cc1oc(-c2ccccc2)nc1CC(=O)N1CCC(N2C(=O)OC[C@H]2CC(C)C)CC1. The number of carbonyl (C=O) groups is 2. The monoisotopic (exact) mass is 425 g/mol. The number of carbonyl (C=O) groups excluding carboxylic acids is 2. The summed E-state index contributed by atoms with van der Waals surface area (Å²) in [7, 11) is 0. The van der Waals surface area contributed by atoms with Crippen LogP contribution in [-0.4, -0.2) is 58.6 Å². The lowest BCUT2D eigenvalue weighted by molar-refractivity contribution is -0.132. The second-order valence-electron chi connectivity index (χ2n) is 8.94. The van der Waals surface area contributed by atoms with Crippen LogP contribution < -0.4 is 0 Å². The summed E-state index contributed by atoms with van der Waals surface area (Å²) in [6.45, 7) is 7.94. The van der Waals surface area contributed by atoms with E-state index in [-0.39, 0.29) is 30.5 Å². The number of benzene rings is 1. The molecule has 7 nitrogen and oxygen atoms in total. The zero-order valence-electron chi connectivity index (χ0n) is 18.5. The maximum atomic E-state index is 12.9. The van der Waals surface area contributed by atoms with Gasteiger partial charge in [0.15, 0.2) is 0 Å². The number of hydrogen-bond acceptors (Lipinski definition) is 5. The average molecular weight is 426 g/mol. The van der Waals surface area contributed by atoms with Gasteiger partial charge in [0, 0.05) is 24.7 Å². The fourth-order valence-corrected chi connectivity index (χ4v) is 4.59. The van der Waals surface area contributed by atoms with Crippen LogP contribution in [0.5, 0.6) is 0 Å². The summed E-state index contributed by atoms with van der Waals surface area (Å²) in [5.41, 5.74) is 1.59. The molecule has 4 rings (SSSR count). The molecule has 0 radical (unpaired) electrons. The van der Waals surface area contributed by atoms with Crippen LogP contribution in [-0.2, 0) is 16.0 Å². The highest BCUT2D eigenvalue weighted by molar-refractivity contribution is 5.79. The number of aryl methyl sites for hydroxylation is 1. The number of hydrogen-bond donors (Lipinski definition) is 0. The summed E-state index contributed by atoms with van der Waals surface area (Å²) in [6, 6.07) is 9.99. The van der Waals surface area contributed by atoms with E-state index in [1.54, 1.807) is 0 Å². The molecule has 0 unspecified atom stereocenters. The highest BCUT2D eigenvalue weighted by atomic mass is 16.6. The Morgan fingerprint density at radius 1 is 1.19 bits per heavy atom. The number of cyclic esters (lactones) is 1. The van der Waals surface area contributed by atoms with Gasteiger partial charge in [0.05, 0.1) is 18.2 Å². The Morgan fingerprint density at radius 3 is 2.58 bits per heavy atom. The summed E-state index contributed by atoms with van der Waals surface area (Å²) >= 11 is 0. The van der Waals surface area contributed by atoms with Gasteiger partial charge < -0.3 is 14.1 Å². The lowest BCUT2D eigenvalue weighted by atomic mass is 9.98. The normalized spacial score (nSPS) is 19.9. The van der Waals surface area contributed by atoms with E-state index in [1.807, 2.05) is 47.1 Å². The van der Waals surface area contributed by atoms with E-state index in [9.17, 15) is 9.59 Å². The molecule has 0 bridgehead atoms. The Labute approximate surface area is 183 Å². The van der Waals surface area contributed by atoms with Crippen LogP contribution in [0.25, 0.3) is 11.5 Å². The van der Waals surface area contributed by atoms with Gasteiger partial charge in [0.2, 0.25) is 11.8 Å². The van der Waals surface area contributed by atoms with Crippen molar-refractivity contribution in [3.63, 3.8) is 0 Å². The molecule has 2 aromatic rings. The minimum Gasteiger partial charge on any atom is -0.447 e. The fourth-order valence-electron chi connectivity index (χ4n) is 4.59. The summed E-state index contributed by atoms with van der Waals surface area (Å²) in [5.74, 6) is 1.79. The number of oxazole rings is 1. The van der Waals surface area contributed by atoms with E-state index in [1.165, 1.54) is 0 Å². The van der Waals surface area contributed by atoms with Crippen molar-refractivity contribution in [3.8, 4) is 11.5 Å². The number of likely N-dealkylation sites (tertiary alicyclic amines) is 1. The Bertz CT molecular complexity index is 916. The van der Waals surface area contributed by atoms with E-state index in [0.29, 0.717) is 43.0 Å². The molecule has 2 amide bonds. The van der Waals surface area contributed by atoms with Gasteiger partial charge in [-0.05, 0) is 44.2 Å². The van der Waals surface area contributed by atoms with Crippen LogP contribution in [0.3, 0.4) is 0 Å². The molecule has 0 aliphatic carbocycles. The van der Waals surface area contributed by atoms with Gasteiger partial charge in [0.25, 0.3) is 0 Å². The van der Waals surface area contributed by atoms with Crippen molar-refractivity contribution in [1.29, 1.82) is 0 Å². The Hall–Kier alpha value is -2.83. The average Bonchev–Trinajstić information content (AvgIpc) is 3.30. The van der Waals surface area contributed by atoms with Gasteiger partial charge in [-0.1, -0.05) is 32.0 Å². The molecule has 0 spiro atoms. The van der Waals surface area contributed by atoms with E-state index in [4.69, 9.17) is 9.15 Å². The van der Waals surface area contributed by atoms with Crippen molar-refractivity contribution in [1.82, 2.24) is 14.8 Å². The maximum absolute atomic E-state index is 12.9. The van der Waals surface area contributed by atoms with Crippen LogP contribution in [0, 0.1) is 12.8 Å². The molecule has 31 heavy (non-hydrogen) atoms. The van der Waals surface area contributed by atoms with Gasteiger partial charge in [-0.15, -0.1) is 0 Å². The van der Waals surface area contributed by atoms with Gasteiger partial charge in [0.1, 0.15) is 12.4 Å². The van der Waals surface area contributed by atoms with E-state index in [2.05, 4.69) is 18.8 Å². The van der Waals surface area contributed by atoms with Crippen LogP contribution in [0.1, 0.15) is 44.6 Å². The summed E-state index contributed by atoms with van der Waals surface area (Å²) in [5, 5.41) is 0.